The Morgan fingerprint density at radius 3 is 2.60 bits per heavy atom. The first-order valence-corrected chi connectivity index (χ1v) is 8.05. The molecular weight excluding hydrogens is 354 g/mol. The van der Waals surface area contributed by atoms with Crippen LogP contribution in [0.25, 0.3) is 0 Å². The van der Waals surface area contributed by atoms with Crippen molar-refractivity contribution < 1.29 is 25.4 Å². The van der Waals surface area contributed by atoms with Crippen molar-refractivity contribution in [2.75, 3.05) is 26.2 Å². The Morgan fingerprint density at radius 2 is 1.96 bits per heavy atom. The van der Waals surface area contributed by atoms with Gasteiger partial charge in [0.25, 0.3) is 5.69 Å². The number of nitrogens with zero attached hydrogens (tertiary/aromatic N) is 3. The molecule has 0 bridgehead atoms. The molecule has 0 spiro atoms. The van der Waals surface area contributed by atoms with Crippen molar-refractivity contribution in [2.45, 2.75) is 25.7 Å². The Kier molecular flexibility index (Phi) is 10.2. The van der Waals surface area contributed by atoms with Crippen LogP contribution in [-0.2, 0) is 4.84 Å². The van der Waals surface area contributed by atoms with Crippen LogP contribution in [0.1, 0.15) is 31.2 Å². The second kappa shape index (κ2) is 11.0. The number of oxime groups is 1. The highest BCUT2D eigenvalue weighted by molar-refractivity contribution is 6.69. The van der Waals surface area contributed by atoms with Gasteiger partial charge in [-0.1, -0.05) is 28.9 Å². The van der Waals surface area contributed by atoms with Gasteiger partial charge in [0, 0.05) is 24.1 Å². The van der Waals surface area contributed by atoms with Crippen molar-refractivity contribution in [2.24, 2.45) is 5.16 Å². The molecule has 1 fully saturated rings. The summed E-state index contributed by atoms with van der Waals surface area (Å²) in [5, 5.41) is 26.8. The van der Waals surface area contributed by atoms with E-state index in [1.54, 1.807) is 6.07 Å². The molecule has 25 heavy (non-hydrogen) atoms. The number of likely N-dealkylation sites (tertiary alicyclic amines) is 1. The third-order valence-electron chi connectivity index (χ3n) is 3.87. The van der Waals surface area contributed by atoms with E-state index in [4.69, 9.17) is 16.4 Å². The Bertz CT molecular complexity index is 578. The number of non-ortho nitro benzene ring substituents is 1. The lowest BCUT2D eigenvalue weighted by atomic mass is 10.1. The van der Waals surface area contributed by atoms with Gasteiger partial charge < -0.3 is 25.6 Å². The highest BCUT2D eigenvalue weighted by Gasteiger charge is 2.19. The average Bonchev–Trinajstić information content (AvgIpc) is 2.55. The van der Waals surface area contributed by atoms with E-state index in [1.165, 1.54) is 18.2 Å². The number of nitro benzene ring substituents is 1. The van der Waals surface area contributed by atoms with E-state index in [1.807, 2.05) is 0 Å². The second-order valence-corrected chi connectivity index (χ2v) is 6.02. The molecule has 1 aliphatic heterocycles. The first kappa shape index (κ1) is 23.2. The van der Waals surface area contributed by atoms with Crippen molar-refractivity contribution in [3.05, 3.63) is 45.2 Å². The molecule has 1 aromatic rings. The highest BCUT2D eigenvalue weighted by Crippen LogP contribution is 2.18. The predicted molar refractivity (Wildman–Crippen MR) is 95.4 cm³/mol. The van der Waals surface area contributed by atoms with Gasteiger partial charge in [0.05, 0.1) is 24.6 Å². The Hall–Kier alpha value is -1.78. The molecule has 0 aliphatic carbocycles. The zero-order chi connectivity index (χ0) is 16.7. The predicted octanol–water partition coefficient (Wildman–Crippen LogP) is 1.75. The number of benzene rings is 1. The summed E-state index contributed by atoms with van der Waals surface area (Å²) >= 11 is 5.97. The van der Waals surface area contributed by atoms with E-state index < -0.39 is 4.92 Å². The highest BCUT2D eigenvalue weighted by atomic mass is 35.5. The molecule has 0 atom stereocenters. The molecule has 0 radical (unpaired) electrons. The van der Waals surface area contributed by atoms with Crippen LogP contribution in [0.3, 0.4) is 0 Å². The van der Waals surface area contributed by atoms with Crippen LogP contribution in [-0.4, -0.2) is 51.9 Å². The smallest absolute Gasteiger partial charge is 0.270 e. The first-order valence-electron chi connectivity index (χ1n) is 7.68. The van der Waals surface area contributed by atoms with Gasteiger partial charge in [-0.2, -0.15) is 0 Å². The fourth-order valence-electron chi connectivity index (χ4n) is 2.63. The zero-order valence-corrected chi connectivity index (χ0v) is 14.6. The molecule has 4 N–H and O–H groups in total. The molecule has 0 saturated carbocycles. The van der Waals surface area contributed by atoms with Crippen LogP contribution >= 0.6 is 11.6 Å². The first-order chi connectivity index (χ1) is 11.0. The van der Waals surface area contributed by atoms with E-state index in [-0.39, 0.29) is 26.5 Å². The lowest BCUT2D eigenvalue weighted by molar-refractivity contribution is -0.885. The van der Waals surface area contributed by atoms with Gasteiger partial charge >= 0.3 is 0 Å². The number of rotatable bonds is 7. The number of hydrogen-bond donors (Lipinski definition) is 0. The Balaban J connectivity index is 0.00000288. The number of quaternary nitrogens is 1. The maximum absolute atomic E-state index is 12.3. The third kappa shape index (κ3) is 7.32. The number of piperidine rings is 1. The molecule has 142 valence electrons. The molecule has 2 rings (SSSR count). The average molecular weight is 378 g/mol. The Morgan fingerprint density at radius 1 is 1.28 bits per heavy atom. The van der Waals surface area contributed by atoms with Crippen LogP contribution in [0.15, 0.2) is 29.4 Å². The quantitative estimate of drug-likeness (QED) is 0.177. The summed E-state index contributed by atoms with van der Waals surface area (Å²) in [6.45, 7) is 2.17. The SMILES string of the molecule is O.O.O=[N+]([O-])c1cccc(C(Cl)=NOCCC[N+]2([O-])CCCCC2)c1. The summed E-state index contributed by atoms with van der Waals surface area (Å²) in [4.78, 5) is 15.3. The summed E-state index contributed by atoms with van der Waals surface area (Å²) < 4.78 is -0.147. The van der Waals surface area contributed by atoms with Crippen molar-refractivity contribution >= 4 is 22.5 Å². The van der Waals surface area contributed by atoms with Gasteiger partial charge in [0.2, 0.25) is 0 Å². The fourth-order valence-corrected chi connectivity index (χ4v) is 2.80. The van der Waals surface area contributed by atoms with Crippen molar-refractivity contribution in [1.29, 1.82) is 0 Å². The van der Waals surface area contributed by atoms with Crippen molar-refractivity contribution in [3.63, 3.8) is 0 Å². The van der Waals surface area contributed by atoms with Gasteiger partial charge in [-0.05, 0) is 19.3 Å². The van der Waals surface area contributed by atoms with Crippen molar-refractivity contribution in [1.82, 2.24) is 0 Å². The standard InChI is InChI=1S/C15H20ClN3O4.2H2O/c16-15(13-6-4-7-14(12-13)18(20)21)17-23-11-5-10-19(22)8-2-1-3-9-19;;/h4,6-7,12H,1-3,5,8-11H2;2*1H2. The topological polar surface area (TPSA) is 151 Å². The number of hydrogen-bond acceptors (Lipinski definition) is 5. The molecule has 1 aliphatic rings. The molecular formula is C15H24ClN3O6. The molecule has 0 amide bonds. The van der Waals surface area contributed by atoms with Gasteiger partial charge in [0.1, 0.15) is 6.61 Å². The largest absolute Gasteiger partial charge is 0.633 e. The minimum atomic E-state index is -0.496. The molecule has 1 heterocycles. The summed E-state index contributed by atoms with van der Waals surface area (Å²) in [5.74, 6) is 0. The molecule has 1 saturated heterocycles. The summed E-state index contributed by atoms with van der Waals surface area (Å²) in [5.41, 5.74) is 0.364. The van der Waals surface area contributed by atoms with Gasteiger partial charge in [0.15, 0.2) is 5.17 Å². The van der Waals surface area contributed by atoms with Crippen LogP contribution in [0, 0.1) is 15.3 Å². The maximum Gasteiger partial charge on any atom is 0.270 e. The van der Waals surface area contributed by atoms with Crippen LogP contribution in [0.4, 0.5) is 5.69 Å². The minimum Gasteiger partial charge on any atom is -0.633 e. The summed E-state index contributed by atoms with van der Waals surface area (Å²) in [6, 6.07) is 5.87. The van der Waals surface area contributed by atoms with Crippen molar-refractivity contribution in [3.8, 4) is 0 Å². The fraction of sp³-hybridized carbons (Fsp3) is 0.533. The third-order valence-corrected chi connectivity index (χ3v) is 4.16. The molecule has 9 nitrogen and oxygen atoms in total. The van der Waals surface area contributed by atoms with E-state index in [2.05, 4.69) is 5.16 Å². The number of hydroxylamine groups is 3. The lowest BCUT2D eigenvalue weighted by Gasteiger charge is -2.45. The van der Waals surface area contributed by atoms with E-state index in [9.17, 15) is 15.3 Å². The summed E-state index contributed by atoms with van der Waals surface area (Å²) in [7, 11) is 0. The number of halogens is 1. The maximum atomic E-state index is 12.3. The monoisotopic (exact) mass is 377 g/mol. The Labute approximate surface area is 150 Å². The summed E-state index contributed by atoms with van der Waals surface area (Å²) in [6.07, 6.45) is 3.72. The zero-order valence-electron chi connectivity index (χ0n) is 13.8. The number of nitro groups is 1. The minimum absolute atomic E-state index is 0. The molecule has 0 aromatic heterocycles. The van der Waals surface area contributed by atoms with Gasteiger partial charge in [-0.25, -0.2) is 0 Å². The van der Waals surface area contributed by atoms with Gasteiger partial charge in [-0.15, -0.1) is 0 Å². The van der Waals surface area contributed by atoms with Crippen LogP contribution < -0.4 is 0 Å². The van der Waals surface area contributed by atoms with E-state index in [0.717, 1.165) is 19.3 Å². The van der Waals surface area contributed by atoms with Gasteiger partial charge in [-0.3, -0.25) is 10.1 Å². The lowest BCUT2D eigenvalue weighted by Crippen LogP contribution is -2.46. The molecule has 1 aromatic carbocycles. The normalized spacial score (nSPS) is 16.3. The van der Waals surface area contributed by atoms with E-state index >= 15 is 0 Å². The molecule has 0 unspecified atom stereocenters. The van der Waals surface area contributed by atoms with Crippen LogP contribution in [0.5, 0.6) is 0 Å². The van der Waals surface area contributed by atoms with E-state index in [0.29, 0.717) is 38.2 Å². The van der Waals surface area contributed by atoms with Crippen LogP contribution in [0.2, 0.25) is 0 Å². The second-order valence-electron chi connectivity index (χ2n) is 5.67. The molecule has 10 heteroatoms.